The van der Waals surface area contributed by atoms with E-state index in [1.54, 1.807) is 12.4 Å². The van der Waals surface area contributed by atoms with Crippen molar-refractivity contribution in [2.24, 2.45) is 0 Å². The summed E-state index contributed by atoms with van der Waals surface area (Å²) in [6.45, 7) is 3.08. The molecule has 4 heterocycles. The Morgan fingerprint density at radius 3 is 2.58 bits per heavy atom. The molecule has 1 aromatic carbocycles. The number of imidazole rings is 1. The Hall–Kier alpha value is -3.46. The molecule has 0 radical (unpaired) electrons. The summed E-state index contributed by atoms with van der Waals surface area (Å²) in [7, 11) is 0. The molecule has 1 aliphatic carbocycles. The van der Waals surface area contributed by atoms with Crippen LogP contribution < -0.4 is 10.2 Å². The summed E-state index contributed by atoms with van der Waals surface area (Å²) in [6, 6.07) is 8.57. The molecule has 0 bridgehead atoms. The van der Waals surface area contributed by atoms with Crippen LogP contribution in [0.15, 0.2) is 42.9 Å². The maximum atomic E-state index is 5.58. The van der Waals surface area contributed by atoms with Crippen molar-refractivity contribution in [1.29, 1.82) is 0 Å². The number of hydrogen-bond donors (Lipinski definition) is 2. The third-order valence-electron chi connectivity index (χ3n) is 6.57. The van der Waals surface area contributed by atoms with Gasteiger partial charge < -0.3 is 19.9 Å². The molecule has 2 N–H and O–H groups in total. The lowest BCUT2D eigenvalue weighted by Gasteiger charge is -2.28. The lowest BCUT2D eigenvalue weighted by Crippen LogP contribution is -2.37. The van der Waals surface area contributed by atoms with E-state index in [2.05, 4.69) is 37.0 Å². The topological polar surface area (TPSA) is 96.8 Å². The molecule has 1 saturated heterocycles. The normalized spacial score (nSPS) is 17.5. The first-order valence-corrected chi connectivity index (χ1v) is 11.8. The number of nitrogens with zero attached hydrogens (tertiary/aromatic N) is 6. The van der Waals surface area contributed by atoms with Crippen LogP contribution in [0.2, 0.25) is 0 Å². The molecule has 6 rings (SSSR count). The second-order valence-electron chi connectivity index (χ2n) is 8.73. The highest BCUT2D eigenvalue weighted by molar-refractivity contribution is 5.89. The van der Waals surface area contributed by atoms with E-state index >= 15 is 0 Å². The van der Waals surface area contributed by atoms with Gasteiger partial charge in [0.25, 0.3) is 0 Å². The standard InChI is InChI=1S/C24H28N8O/c1-2-4-19(5-3-1)32-23-20(16-27-32)22(31-12-14-33-15-13-31)29-21(30-23)17-6-8-18(9-7-17)28-24-25-10-11-26-24/h6-11,16,19H,1-5,12-15H2,(H2,25,26,28). The van der Waals surface area contributed by atoms with Gasteiger partial charge in [0.15, 0.2) is 11.5 Å². The molecule has 0 amide bonds. The minimum atomic E-state index is 0.413. The minimum absolute atomic E-state index is 0.413. The van der Waals surface area contributed by atoms with Crippen molar-refractivity contribution in [3.05, 3.63) is 42.9 Å². The van der Waals surface area contributed by atoms with E-state index in [0.717, 1.165) is 59.9 Å². The summed E-state index contributed by atoms with van der Waals surface area (Å²) in [5.74, 6) is 2.40. The van der Waals surface area contributed by atoms with E-state index in [1.807, 2.05) is 18.3 Å². The Balaban J connectivity index is 1.40. The van der Waals surface area contributed by atoms with Gasteiger partial charge in [0, 0.05) is 36.7 Å². The molecule has 1 aliphatic heterocycles. The zero-order valence-corrected chi connectivity index (χ0v) is 18.6. The molecule has 0 atom stereocenters. The SMILES string of the molecule is c1c[nH]c(Nc2ccc(-c3nc(N4CCOCC4)c4cnn(C5CCCCC5)c4n3)cc2)n1. The van der Waals surface area contributed by atoms with Gasteiger partial charge in [-0.15, -0.1) is 0 Å². The Labute approximate surface area is 192 Å². The van der Waals surface area contributed by atoms with Gasteiger partial charge in [-0.25, -0.2) is 19.6 Å². The highest BCUT2D eigenvalue weighted by Crippen LogP contribution is 2.34. The van der Waals surface area contributed by atoms with E-state index in [-0.39, 0.29) is 0 Å². The molecule has 9 nitrogen and oxygen atoms in total. The largest absolute Gasteiger partial charge is 0.378 e. The maximum Gasteiger partial charge on any atom is 0.204 e. The molecule has 0 spiro atoms. The second-order valence-corrected chi connectivity index (χ2v) is 8.73. The summed E-state index contributed by atoms with van der Waals surface area (Å²) in [4.78, 5) is 19.6. The Kier molecular flexibility index (Phi) is 5.39. The number of aromatic nitrogens is 6. The minimum Gasteiger partial charge on any atom is -0.378 e. The summed E-state index contributed by atoms with van der Waals surface area (Å²) < 4.78 is 7.73. The molecule has 4 aromatic rings. The van der Waals surface area contributed by atoms with E-state index < -0.39 is 0 Å². The molecule has 33 heavy (non-hydrogen) atoms. The van der Waals surface area contributed by atoms with Crippen molar-refractivity contribution < 1.29 is 4.74 Å². The van der Waals surface area contributed by atoms with Crippen LogP contribution in [0.5, 0.6) is 0 Å². The molecule has 9 heteroatoms. The molecule has 2 aliphatic rings. The van der Waals surface area contributed by atoms with Crippen molar-refractivity contribution in [3.63, 3.8) is 0 Å². The third-order valence-corrected chi connectivity index (χ3v) is 6.57. The quantitative estimate of drug-likeness (QED) is 0.474. The summed E-state index contributed by atoms with van der Waals surface area (Å²) >= 11 is 0. The van der Waals surface area contributed by atoms with Crippen LogP contribution in [0.3, 0.4) is 0 Å². The van der Waals surface area contributed by atoms with Gasteiger partial charge in [0.1, 0.15) is 5.82 Å². The van der Waals surface area contributed by atoms with Gasteiger partial charge in [0.05, 0.1) is 30.8 Å². The summed E-state index contributed by atoms with van der Waals surface area (Å²) in [5, 5.41) is 9.09. The molecule has 1 saturated carbocycles. The number of benzene rings is 1. The molecular weight excluding hydrogens is 416 g/mol. The number of rotatable bonds is 5. The van der Waals surface area contributed by atoms with Crippen molar-refractivity contribution in [1.82, 2.24) is 29.7 Å². The molecule has 2 fully saturated rings. The first-order valence-electron chi connectivity index (χ1n) is 11.8. The van der Waals surface area contributed by atoms with Gasteiger partial charge in [-0.2, -0.15) is 5.10 Å². The number of ether oxygens (including phenoxy) is 1. The fraction of sp³-hybridized carbons (Fsp3) is 0.417. The predicted molar refractivity (Wildman–Crippen MR) is 128 cm³/mol. The van der Waals surface area contributed by atoms with E-state index in [1.165, 1.54) is 19.3 Å². The van der Waals surface area contributed by atoms with E-state index in [9.17, 15) is 0 Å². The lowest BCUT2D eigenvalue weighted by molar-refractivity contribution is 0.122. The monoisotopic (exact) mass is 444 g/mol. The fourth-order valence-corrected chi connectivity index (χ4v) is 4.82. The zero-order chi connectivity index (χ0) is 22.0. The van der Waals surface area contributed by atoms with E-state index in [0.29, 0.717) is 25.2 Å². The van der Waals surface area contributed by atoms with Gasteiger partial charge in [-0.05, 0) is 37.1 Å². The molecule has 0 unspecified atom stereocenters. The Bertz CT molecular complexity index is 1210. The number of anilines is 3. The Morgan fingerprint density at radius 1 is 1.00 bits per heavy atom. The average molecular weight is 445 g/mol. The highest BCUT2D eigenvalue weighted by Gasteiger charge is 2.24. The van der Waals surface area contributed by atoms with Crippen LogP contribution in [0.25, 0.3) is 22.4 Å². The highest BCUT2D eigenvalue weighted by atomic mass is 16.5. The van der Waals surface area contributed by atoms with Crippen LogP contribution in [-0.4, -0.2) is 56.0 Å². The first kappa shape index (κ1) is 20.2. The number of H-pyrrole nitrogens is 1. The van der Waals surface area contributed by atoms with Gasteiger partial charge >= 0.3 is 0 Å². The third kappa shape index (κ3) is 4.04. The maximum absolute atomic E-state index is 5.58. The number of morpholine rings is 1. The molecule has 170 valence electrons. The molecular formula is C24H28N8O. The van der Waals surface area contributed by atoms with Gasteiger partial charge in [-0.3, -0.25) is 0 Å². The van der Waals surface area contributed by atoms with Crippen LogP contribution in [-0.2, 0) is 4.74 Å². The van der Waals surface area contributed by atoms with Gasteiger partial charge in [0.2, 0.25) is 5.95 Å². The smallest absolute Gasteiger partial charge is 0.204 e. The van der Waals surface area contributed by atoms with Crippen LogP contribution in [0, 0.1) is 0 Å². The van der Waals surface area contributed by atoms with Crippen molar-refractivity contribution in [3.8, 4) is 11.4 Å². The van der Waals surface area contributed by atoms with Crippen molar-refractivity contribution >= 4 is 28.5 Å². The fourth-order valence-electron chi connectivity index (χ4n) is 4.82. The number of fused-ring (bicyclic) bond motifs is 1. The number of hydrogen-bond acceptors (Lipinski definition) is 7. The van der Waals surface area contributed by atoms with Crippen LogP contribution in [0.4, 0.5) is 17.5 Å². The van der Waals surface area contributed by atoms with Crippen molar-refractivity contribution in [2.75, 3.05) is 36.5 Å². The summed E-state index contributed by atoms with van der Waals surface area (Å²) in [5.41, 5.74) is 2.87. The van der Waals surface area contributed by atoms with Crippen molar-refractivity contribution in [2.45, 2.75) is 38.1 Å². The van der Waals surface area contributed by atoms with E-state index in [4.69, 9.17) is 19.8 Å². The van der Waals surface area contributed by atoms with Crippen LogP contribution >= 0.6 is 0 Å². The lowest BCUT2D eigenvalue weighted by atomic mass is 9.96. The first-order chi connectivity index (χ1) is 16.3. The molecule has 3 aromatic heterocycles. The average Bonchev–Trinajstić information content (AvgIpc) is 3.55. The number of nitrogens with one attached hydrogen (secondary N) is 2. The predicted octanol–water partition coefficient (Wildman–Crippen LogP) is 4.30. The van der Waals surface area contributed by atoms with Crippen LogP contribution in [0.1, 0.15) is 38.1 Å². The summed E-state index contributed by atoms with van der Waals surface area (Å²) in [6.07, 6.45) is 11.6. The van der Waals surface area contributed by atoms with Gasteiger partial charge in [-0.1, -0.05) is 19.3 Å². The Morgan fingerprint density at radius 2 is 1.82 bits per heavy atom. The number of aromatic amines is 1. The second kappa shape index (κ2) is 8.82. The zero-order valence-electron chi connectivity index (χ0n) is 18.6.